The number of aromatic amines is 1. The van der Waals surface area contributed by atoms with E-state index in [-0.39, 0.29) is 42.4 Å². The van der Waals surface area contributed by atoms with Gasteiger partial charge in [-0.25, -0.2) is 19.7 Å². The number of aliphatic hydroxyl groups is 1. The number of fused-ring (bicyclic) bond motifs is 2. The van der Waals surface area contributed by atoms with Crippen molar-refractivity contribution >= 4 is 39.7 Å². The normalized spacial score (nSPS) is 15.5. The Morgan fingerprint density at radius 3 is 2.66 bits per heavy atom. The predicted octanol–water partition coefficient (Wildman–Crippen LogP) is 3.24. The van der Waals surface area contributed by atoms with Crippen LogP contribution in [0.25, 0.3) is 21.8 Å². The zero-order valence-electron chi connectivity index (χ0n) is 23.9. The van der Waals surface area contributed by atoms with Gasteiger partial charge in [0.1, 0.15) is 29.0 Å². The maximum atomic E-state index is 13.2. The largest absolute Gasteiger partial charge is 0.497 e. The van der Waals surface area contributed by atoms with Crippen LogP contribution in [0.15, 0.2) is 29.1 Å². The number of alkyl halides is 3. The molecule has 3 N–H and O–H groups in total. The second kappa shape index (κ2) is 12.5. The maximum Gasteiger partial charge on any atom is 0.491 e. The first-order valence-electron chi connectivity index (χ1n) is 13.5. The molecule has 0 saturated carbocycles. The summed E-state index contributed by atoms with van der Waals surface area (Å²) in [5.74, 6) is -2.62. The molecule has 44 heavy (non-hydrogen) atoms. The van der Waals surface area contributed by atoms with E-state index in [1.807, 2.05) is 4.90 Å². The molecule has 1 unspecified atom stereocenters. The molecule has 13 nitrogen and oxygen atoms in total. The summed E-state index contributed by atoms with van der Waals surface area (Å²) in [6.45, 7) is 2.78. The number of aromatic nitrogens is 4. The van der Waals surface area contributed by atoms with Crippen LogP contribution in [0, 0.1) is 6.92 Å². The number of halogens is 3. The lowest BCUT2D eigenvalue weighted by molar-refractivity contribution is -0.189. The number of H-pyrrole nitrogens is 1. The van der Waals surface area contributed by atoms with Crippen molar-refractivity contribution < 1.29 is 42.0 Å². The number of aliphatic hydroxyl groups excluding tert-OH is 1. The van der Waals surface area contributed by atoms with E-state index in [9.17, 15) is 27.9 Å². The van der Waals surface area contributed by atoms with Crippen molar-refractivity contribution in [3.63, 3.8) is 0 Å². The first-order chi connectivity index (χ1) is 21.0. The Hall–Kier alpha value is -4.70. The lowest BCUT2D eigenvalue weighted by Gasteiger charge is -2.23. The molecular weight excluding hydrogens is 589 g/mol. The van der Waals surface area contributed by atoms with E-state index in [0.29, 0.717) is 34.6 Å². The number of rotatable bonds is 10. The van der Waals surface area contributed by atoms with Crippen LogP contribution < -0.4 is 29.8 Å². The lowest BCUT2D eigenvalue weighted by Crippen LogP contribution is -2.35. The van der Waals surface area contributed by atoms with Crippen molar-refractivity contribution in [2.75, 3.05) is 45.8 Å². The molecule has 1 fully saturated rings. The number of esters is 1. The van der Waals surface area contributed by atoms with Crippen molar-refractivity contribution in [3.8, 4) is 23.0 Å². The molecule has 1 atom stereocenters. The molecule has 0 radical (unpaired) electrons. The van der Waals surface area contributed by atoms with Gasteiger partial charge in [0.2, 0.25) is 11.9 Å². The van der Waals surface area contributed by atoms with E-state index in [1.54, 1.807) is 19.1 Å². The third-order valence-electron chi connectivity index (χ3n) is 7.18. The first kappa shape index (κ1) is 30.7. The molecule has 234 valence electrons. The molecular formula is C28H29F3N6O7. The second-order valence-electron chi connectivity index (χ2n) is 9.94. The quantitative estimate of drug-likeness (QED) is 0.176. The van der Waals surface area contributed by atoms with Crippen LogP contribution in [0.2, 0.25) is 0 Å². The third-order valence-corrected chi connectivity index (χ3v) is 7.18. The summed E-state index contributed by atoms with van der Waals surface area (Å²) in [4.78, 5) is 42.6. The molecule has 0 amide bonds. The molecule has 1 saturated heterocycles. The number of carbonyl (C=O) groups excluding carboxylic acids is 1. The van der Waals surface area contributed by atoms with Crippen LogP contribution in [0.3, 0.4) is 0 Å². The summed E-state index contributed by atoms with van der Waals surface area (Å²) in [5.41, 5.74) is 0.00922. The smallest absolute Gasteiger partial charge is 0.491 e. The monoisotopic (exact) mass is 618 g/mol. The Kier molecular flexibility index (Phi) is 8.73. The summed E-state index contributed by atoms with van der Waals surface area (Å²) < 4.78 is 60.6. The number of hydrogen-bond donors (Lipinski definition) is 3. The number of aryl methyl sites for hydroxylation is 1. The third kappa shape index (κ3) is 6.30. The summed E-state index contributed by atoms with van der Waals surface area (Å²) in [6, 6.07) is 5.96. The van der Waals surface area contributed by atoms with Gasteiger partial charge in [-0.1, -0.05) is 0 Å². The highest BCUT2D eigenvalue weighted by atomic mass is 19.4. The fraction of sp³-hybridized carbons (Fsp3) is 0.393. The minimum Gasteiger partial charge on any atom is -0.497 e. The van der Waals surface area contributed by atoms with Gasteiger partial charge in [-0.3, -0.25) is 20.0 Å². The number of nitrogens with one attached hydrogen (secondary N) is 2. The average Bonchev–Trinajstić information content (AvgIpc) is 3.44. The number of methoxy groups -OCH3 is 2. The highest BCUT2D eigenvalue weighted by Crippen LogP contribution is 2.36. The molecule has 1 aliphatic rings. The first-order valence-corrected chi connectivity index (χ1v) is 13.5. The van der Waals surface area contributed by atoms with Crippen molar-refractivity contribution in [1.82, 2.24) is 24.8 Å². The van der Waals surface area contributed by atoms with E-state index >= 15 is 0 Å². The van der Waals surface area contributed by atoms with E-state index in [1.165, 1.54) is 26.4 Å². The van der Waals surface area contributed by atoms with Gasteiger partial charge in [0, 0.05) is 24.0 Å². The topological polar surface area (TPSA) is 161 Å². The minimum atomic E-state index is -5.33. The molecule has 3 heterocycles. The van der Waals surface area contributed by atoms with E-state index in [4.69, 9.17) is 14.2 Å². The van der Waals surface area contributed by atoms with Crippen molar-refractivity contribution in [2.24, 2.45) is 0 Å². The molecule has 0 spiro atoms. The molecule has 0 aliphatic carbocycles. The van der Waals surface area contributed by atoms with E-state index in [2.05, 4.69) is 30.0 Å². The van der Waals surface area contributed by atoms with Gasteiger partial charge in [0.25, 0.3) is 5.56 Å². The van der Waals surface area contributed by atoms with Crippen molar-refractivity contribution in [1.29, 1.82) is 0 Å². The number of carbonyl (C=O) groups is 1. The zero-order chi connectivity index (χ0) is 31.6. The molecule has 4 aromatic rings. The van der Waals surface area contributed by atoms with Crippen LogP contribution >= 0.6 is 0 Å². The van der Waals surface area contributed by atoms with Crippen LogP contribution in [0.5, 0.6) is 23.0 Å². The van der Waals surface area contributed by atoms with Gasteiger partial charge in [0.15, 0.2) is 11.5 Å². The number of benzene rings is 2. The van der Waals surface area contributed by atoms with Gasteiger partial charge in [0.05, 0.1) is 32.0 Å². The molecule has 2 aromatic carbocycles. The Morgan fingerprint density at radius 1 is 1.16 bits per heavy atom. The highest BCUT2D eigenvalue weighted by Gasteiger charge is 2.42. The van der Waals surface area contributed by atoms with Crippen molar-refractivity contribution in [3.05, 3.63) is 40.3 Å². The number of likely N-dealkylation sites (tertiary alicyclic amines) is 1. The maximum absolute atomic E-state index is 13.2. The lowest BCUT2D eigenvalue weighted by atomic mass is 10.1. The van der Waals surface area contributed by atoms with Crippen LogP contribution in [0.1, 0.15) is 18.5 Å². The summed E-state index contributed by atoms with van der Waals surface area (Å²) in [7, 11) is 2.99. The fourth-order valence-corrected chi connectivity index (χ4v) is 5.04. The minimum absolute atomic E-state index is 0.00244. The number of hydrogen-bond acceptors (Lipinski definition) is 12. The molecule has 1 aliphatic heterocycles. The molecule has 5 rings (SSSR count). The van der Waals surface area contributed by atoms with Crippen LogP contribution in [-0.4, -0.2) is 88.7 Å². The highest BCUT2D eigenvalue weighted by molar-refractivity contribution is 5.92. The standard InChI is InChI=1S/C28H29F3N6O7/c1-14-17-11-16(41-2)12-20(42-3)22(17)34-26(32-14)36-27-33-18-6-7-19(43-10-9-37-8-4-5-15(37)13-38)23(21(18)24(39)35-27)44-25(40)28(29,30)31/h6-7,11-12,15,38H,4-5,8-10,13H2,1-3H3,(H2,32,33,34,35,36,39). The van der Waals surface area contributed by atoms with Crippen molar-refractivity contribution in [2.45, 2.75) is 32.0 Å². The number of nitrogens with zero attached hydrogens (tertiary/aromatic N) is 4. The van der Waals surface area contributed by atoms with E-state index < -0.39 is 28.8 Å². The predicted molar refractivity (Wildman–Crippen MR) is 152 cm³/mol. The average molecular weight is 619 g/mol. The van der Waals surface area contributed by atoms with Gasteiger partial charge < -0.3 is 24.1 Å². The Labute approximate surface area is 247 Å². The van der Waals surface area contributed by atoms with Crippen LogP contribution in [0.4, 0.5) is 25.1 Å². The Balaban J connectivity index is 1.49. The van der Waals surface area contributed by atoms with Gasteiger partial charge in [-0.05, 0) is 44.5 Å². The summed E-state index contributed by atoms with van der Waals surface area (Å²) in [5, 5.41) is 12.6. The Bertz CT molecular complexity index is 1760. The second-order valence-corrected chi connectivity index (χ2v) is 9.94. The molecule has 2 aromatic heterocycles. The van der Waals surface area contributed by atoms with Gasteiger partial charge in [-0.15, -0.1) is 0 Å². The SMILES string of the molecule is COc1cc(OC)c2nc(Nc3nc4ccc(OCCN5CCCC5CO)c(OC(=O)C(F)(F)F)c4c(=O)[nH]3)nc(C)c2c1. The molecule has 0 bridgehead atoms. The summed E-state index contributed by atoms with van der Waals surface area (Å²) >= 11 is 0. The fourth-order valence-electron chi connectivity index (χ4n) is 5.04. The number of ether oxygens (including phenoxy) is 4. The number of anilines is 2. The van der Waals surface area contributed by atoms with Gasteiger partial charge >= 0.3 is 12.1 Å². The van der Waals surface area contributed by atoms with E-state index in [0.717, 1.165) is 19.4 Å². The molecule has 16 heteroatoms. The van der Waals surface area contributed by atoms with Crippen LogP contribution in [-0.2, 0) is 4.79 Å². The summed E-state index contributed by atoms with van der Waals surface area (Å²) in [6.07, 6.45) is -3.63. The Morgan fingerprint density at radius 2 is 1.95 bits per heavy atom. The van der Waals surface area contributed by atoms with Gasteiger partial charge in [-0.2, -0.15) is 13.2 Å². The zero-order valence-corrected chi connectivity index (χ0v) is 23.9.